The Kier molecular flexibility index (Phi) is 6.20. The number of anilines is 1. The molecule has 1 aliphatic heterocycles. The van der Waals surface area contributed by atoms with E-state index in [4.69, 9.17) is 5.73 Å². The number of piperidine rings is 1. The summed E-state index contributed by atoms with van der Waals surface area (Å²) in [5.74, 6) is 0.538. The SMILES string of the molecule is CC(C)NC(=O)Nc1ccc(C(=O)N2CCC(C(C)N)CC2)cc1. The monoisotopic (exact) mass is 332 g/mol. The summed E-state index contributed by atoms with van der Waals surface area (Å²) in [5, 5.41) is 5.51. The number of nitrogens with zero attached hydrogens (tertiary/aromatic N) is 1. The van der Waals surface area contributed by atoms with E-state index in [1.165, 1.54) is 0 Å². The molecule has 6 nitrogen and oxygen atoms in total. The number of rotatable bonds is 4. The Bertz CT molecular complexity index is 561. The van der Waals surface area contributed by atoms with Crippen LogP contribution in [0.15, 0.2) is 24.3 Å². The Hall–Kier alpha value is -2.08. The minimum absolute atomic E-state index is 0.0382. The molecule has 24 heavy (non-hydrogen) atoms. The largest absolute Gasteiger partial charge is 0.339 e. The quantitative estimate of drug-likeness (QED) is 0.791. The molecule has 0 radical (unpaired) electrons. The number of hydrogen-bond donors (Lipinski definition) is 3. The van der Waals surface area contributed by atoms with E-state index in [9.17, 15) is 9.59 Å². The van der Waals surface area contributed by atoms with Crippen molar-refractivity contribution in [1.29, 1.82) is 0 Å². The number of amides is 3. The molecule has 4 N–H and O–H groups in total. The molecule has 0 saturated carbocycles. The van der Waals surface area contributed by atoms with E-state index in [0.29, 0.717) is 17.2 Å². The highest BCUT2D eigenvalue weighted by atomic mass is 16.2. The first-order valence-corrected chi connectivity index (χ1v) is 8.59. The van der Waals surface area contributed by atoms with Crippen LogP contribution in [0.25, 0.3) is 0 Å². The van der Waals surface area contributed by atoms with Gasteiger partial charge in [-0.3, -0.25) is 4.79 Å². The van der Waals surface area contributed by atoms with Crippen LogP contribution in [-0.4, -0.2) is 42.0 Å². The molecule has 1 aromatic carbocycles. The van der Waals surface area contributed by atoms with Crippen LogP contribution in [0.5, 0.6) is 0 Å². The lowest BCUT2D eigenvalue weighted by Gasteiger charge is -2.33. The van der Waals surface area contributed by atoms with Gasteiger partial charge in [-0.2, -0.15) is 0 Å². The Morgan fingerprint density at radius 2 is 1.71 bits per heavy atom. The lowest BCUT2D eigenvalue weighted by molar-refractivity contribution is 0.0681. The van der Waals surface area contributed by atoms with Gasteiger partial charge in [0.15, 0.2) is 0 Å². The molecule has 132 valence electrons. The molecular weight excluding hydrogens is 304 g/mol. The summed E-state index contributed by atoms with van der Waals surface area (Å²) >= 11 is 0. The maximum atomic E-state index is 12.6. The number of carbonyl (C=O) groups excluding carboxylic acids is 2. The first-order valence-electron chi connectivity index (χ1n) is 8.59. The number of urea groups is 1. The molecule has 1 atom stereocenters. The maximum Gasteiger partial charge on any atom is 0.319 e. The third-order valence-corrected chi connectivity index (χ3v) is 4.38. The molecule has 0 bridgehead atoms. The molecular formula is C18H28N4O2. The second-order valence-corrected chi connectivity index (χ2v) is 6.82. The van der Waals surface area contributed by atoms with Crippen molar-refractivity contribution < 1.29 is 9.59 Å². The van der Waals surface area contributed by atoms with Gasteiger partial charge >= 0.3 is 6.03 Å². The van der Waals surface area contributed by atoms with Crippen LogP contribution in [0.3, 0.4) is 0 Å². The molecule has 6 heteroatoms. The van der Waals surface area contributed by atoms with Crippen molar-refractivity contribution in [3.63, 3.8) is 0 Å². The van der Waals surface area contributed by atoms with Crippen LogP contribution in [0.1, 0.15) is 44.0 Å². The number of carbonyl (C=O) groups is 2. The Morgan fingerprint density at radius 3 is 2.21 bits per heavy atom. The predicted molar refractivity (Wildman–Crippen MR) is 96.0 cm³/mol. The summed E-state index contributed by atoms with van der Waals surface area (Å²) in [7, 11) is 0. The highest BCUT2D eigenvalue weighted by molar-refractivity contribution is 5.95. The van der Waals surface area contributed by atoms with Crippen LogP contribution in [0, 0.1) is 5.92 Å². The van der Waals surface area contributed by atoms with E-state index in [0.717, 1.165) is 25.9 Å². The molecule has 1 saturated heterocycles. The van der Waals surface area contributed by atoms with E-state index >= 15 is 0 Å². The van der Waals surface area contributed by atoms with Gasteiger partial charge in [0.25, 0.3) is 5.91 Å². The van der Waals surface area contributed by atoms with E-state index in [1.807, 2.05) is 25.7 Å². The lowest BCUT2D eigenvalue weighted by atomic mass is 9.90. The van der Waals surface area contributed by atoms with E-state index in [-0.39, 0.29) is 24.0 Å². The summed E-state index contributed by atoms with van der Waals surface area (Å²) in [6, 6.07) is 7.02. The number of nitrogens with two attached hydrogens (primary N) is 1. The summed E-state index contributed by atoms with van der Waals surface area (Å²) in [4.78, 5) is 26.1. The Labute approximate surface area is 143 Å². The zero-order valence-corrected chi connectivity index (χ0v) is 14.7. The number of likely N-dealkylation sites (tertiary alicyclic amines) is 1. The average molecular weight is 332 g/mol. The molecule has 1 heterocycles. The molecule has 3 amide bonds. The molecule has 1 unspecified atom stereocenters. The van der Waals surface area contributed by atoms with Gasteiger partial charge in [0.2, 0.25) is 0 Å². The van der Waals surface area contributed by atoms with Gasteiger partial charge in [-0.1, -0.05) is 0 Å². The molecule has 0 spiro atoms. The van der Waals surface area contributed by atoms with Crippen LogP contribution < -0.4 is 16.4 Å². The van der Waals surface area contributed by atoms with E-state index in [1.54, 1.807) is 24.3 Å². The van der Waals surface area contributed by atoms with Crippen LogP contribution in [0.2, 0.25) is 0 Å². The summed E-state index contributed by atoms with van der Waals surface area (Å²) < 4.78 is 0. The minimum atomic E-state index is -0.248. The second kappa shape index (κ2) is 8.15. The van der Waals surface area contributed by atoms with E-state index in [2.05, 4.69) is 10.6 Å². The van der Waals surface area contributed by atoms with Crippen molar-refractivity contribution in [2.45, 2.75) is 45.7 Å². The smallest absolute Gasteiger partial charge is 0.319 e. The van der Waals surface area contributed by atoms with Gasteiger partial charge in [0.1, 0.15) is 0 Å². The maximum absolute atomic E-state index is 12.6. The van der Waals surface area contributed by atoms with Crippen LogP contribution >= 0.6 is 0 Å². The standard InChI is InChI=1S/C18H28N4O2/c1-12(2)20-18(24)21-16-6-4-15(5-7-16)17(23)22-10-8-14(9-11-22)13(3)19/h4-7,12-14H,8-11,19H2,1-3H3,(H2,20,21,24). The molecule has 1 aliphatic rings. The number of nitrogens with one attached hydrogen (secondary N) is 2. The van der Waals surface area contributed by atoms with Crippen LogP contribution in [-0.2, 0) is 0 Å². The Balaban J connectivity index is 1.91. The van der Waals surface area contributed by atoms with Gasteiger partial charge in [-0.25, -0.2) is 4.79 Å². The van der Waals surface area contributed by atoms with Gasteiger partial charge in [-0.05, 0) is 63.8 Å². The van der Waals surface area contributed by atoms with E-state index < -0.39 is 0 Å². The van der Waals surface area contributed by atoms with Crippen molar-refractivity contribution in [2.24, 2.45) is 11.7 Å². The summed E-state index contributed by atoms with van der Waals surface area (Å²) in [5.41, 5.74) is 7.25. The van der Waals surface area contributed by atoms with Crippen molar-refractivity contribution in [3.05, 3.63) is 29.8 Å². The molecule has 0 aromatic heterocycles. The van der Waals surface area contributed by atoms with Crippen LogP contribution in [0.4, 0.5) is 10.5 Å². The highest BCUT2D eigenvalue weighted by Crippen LogP contribution is 2.21. The summed E-state index contributed by atoms with van der Waals surface area (Å²) in [6.45, 7) is 7.33. The normalized spacial score (nSPS) is 16.8. The van der Waals surface area contributed by atoms with Crippen molar-refractivity contribution in [2.75, 3.05) is 18.4 Å². The van der Waals surface area contributed by atoms with Gasteiger partial charge in [0.05, 0.1) is 0 Å². The fraction of sp³-hybridized carbons (Fsp3) is 0.556. The fourth-order valence-electron chi connectivity index (χ4n) is 2.94. The molecule has 1 aromatic rings. The zero-order valence-electron chi connectivity index (χ0n) is 14.7. The Morgan fingerprint density at radius 1 is 1.12 bits per heavy atom. The highest BCUT2D eigenvalue weighted by Gasteiger charge is 2.25. The third-order valence-electron chi connectivity index (χ3n) is 4.38. The number of hydrogen-bond acceptors (Lipinski definition) is 3. The van der Waals surface area contributed by atoms with Crippen molar-refractivity contribution in [1.82, 2.24) is 10.2 Å². The molecule has 1 fully saturated rings. The third kappa shape index (κ3) is 4.96. The van der Waals surface area contributed by atoms with Gasteiger partial charge in [0, 0.05) is 36.4 Å². The molecule has 2 rings (SSSR count). The van der Waals surface area contributed by atoms with Gasteiger partial charge < -0.3 is 21.3 Å². The lowest BCUT2D eigenvalue weighted by Crippen LogP contribution is -2.42. The summed E-state index contributed by atoms with van der Waals surface area (Å²) in [6.07, 6.45) is 1.91. The van der Waals surface area contributed by atoms with Gasteiger partial charge in [-0.15, -0.1) is 0 Å². The first kappa shape index (κ1) is 18.3. The van der Waals surface area contributed by atoms with Crippen molar-refractivity contribution in [3.8, 4) is 0 Å². The topological polar surface area (TPSA) is 87.5 Å². The zero-order chi connectivity index (χ0) is 17.7. The number of benzene rings is 1. The first-order chi connectivity index (χ1) is 11.4. The fourth-order valence-corrected chi connectivity index (χ4v) is 2.94. The molecule has 0 aliphatic carbocycles. The second-order valence-electron chi connectivity index (χ2n) is 6.82. The average Bonchev–Trinajstić information content (AvgIpc) is 2.54. The minimum Gasteiger partial charge on any atom is -0.339 e. The van der Waals surface area contributed by atoms with Crippen molar-refractivity contribution >= 4 is 17.6 Å². The predicted octanol–water partition coefficient (Wildman–Crippen LogP) is 2.42.